The Balaban J connectivity index is 1.96. The average Bonchev–Trinajstić information content (AvgIpc) is 2.85. The van der Waals surface area contributed by atoms with Crippen LogP contribution in [0, 0.1) is 0 Å². The van der Waals surface area contributed by atoms with Gasteiger partial charge in [-0.2, -0.15) is 0 Å². The van der Waals surface area contributed by atoms with Crippen molar-refractivity contribution in [1.82, 2.24) is 9.13 Å². The molecule has 166 valence electrons. The molecule has 1 N–H and O–H groups in total. The van der Waals surface area contributed by atoms with E-state index in [9.17, 15) is 14.7 Å². The molecule has 0 aliphatic rings. The van der Waals surface area contributed by atoms with Crippen LogP contribution in [0.4, 0.5) is 5.69 Å². The summed E-state index contributed by atoms with van der Waals surface area (Å²) in [5.74, 6) is 0.488. The zero-order chi connectivity index (χ0) is 23.4. The number of rotatable bonds is 6. The molecule has 0 aliphatic heterocycles. The topological polar surface area (TPSA) is 95.0 Å². The van der Waals surface area contributed by atoms with E-state index in [4.69, 9.17) is 9.47 Å². The van der Waals surface area contributed by atoms with Crippen molar-refractivity contribution in [2.75, 3.05) is 14.2 Å². The SMILES string of the molecule is COc1ccc(N=Cc2c(O)n(-c3ccccc3)c(=O)n(-c3ccccc3)c2=O)c(OC)c1. The van der Waals surface area contributed by atoms with Gasteiger partial charge in [0.15, 0.2) is 0 Å². The predicted molar refractivity (Wildman–Crippen MR) is 126 cm³/mol. The summed E-state index contributed by atoms with van der Waals surface area (Å²) in [6.45, 7) is 0. The van der Waals surface area contributed by atoms with Gasteiger partial charge in [-0.25, -0.2) is 13.9 Å². The van der Waals surface area contributed by atoms with Crippen LogP contribution in [0.1, 0.15) is 5.56 Å². The van der Waals surface area contributed by atoms with E-state index in [0.29, 0.717) is 28.6 Å². The summed E-state index contributed by atoms with van der Waals surface area (Å²) in [6, 6.07) is 22.1. The van der Waals surface area contributed by atoms with Crippen molar-refractivity contribution < 1.29 is 14.6 Å². The number of aromatic hydroxyl groups is 1. The average molecular weight is 443 g/mol. The highest BCUT2D eigenvalue weighted by atomic mass is 16.5. The number of aromatic nitrogens is 2. The molecule has 0 radical (unpaired) electrons. The number of nitrogens with zero attached hydrogens (tertiary/aromatic N) is 3. The zero-order valence-corrected chi connectivity index (χ0v) is 18.0. The molecule has 0 fully saturated rings. The highest BCUT2D eigenvalue weighted by molar-refractivity contribution is 5.85. The lowest BCUT2D eigenvalue weighted by atomic mass is 10.2. The number of ether oxygens (including phenoxy) is 2. The van der Waals surface area contributed by atoms with Crippen molar-refractivity contribution in [3.63, 3.8) is 0 Å². The second-order valence-electron chi connectivity index (χ2n) is 6.96. The van der Waals surface area contributed by atoms with E-state index in [-0.39, 0.29) is 5.56 Å². The molecule has 0 atom stereocenters. The fraction of sp³-hybridized carbons (Fsp3) is 0.0800. The minimum absolute atomic E-state index is 0.153. The number of para-hydroxylation sites is 2. The molecular formula is C25H21N3O5. The number of aliphatic imine (C=N–C) groups is 1. The van der Waals surface area contributed by atoms with Crippen LogP contribution in [-0.4, -0.2) is 34.7 Å². The number of hydrogen-bond acceptors (Lipinski definition) is 6. The van der Waals surface area contributed by atoms with Crippen LogP contribution in [0.3, 0.4) is 0 Å². The van der Waals surface area contributed by atoms with Gasteiger partial charge in [0.1, 0.15) is 22.7 Å². The summed E-state index contributed by atoms with van der Waals surface area (Å²) in [5, 5.41) is 11.0. The van der Waals surface area contributed by atoms with E-state index in [1.165, 1.54) is 20.4 Å². The number of benzene rings is 3. The van der Waals surface area contributed by atoms with Crippen LogP contribution >= 0.6 is 0 Å². The zero-order valence-electron chi connectivity index (χ0n) is 18.0. The van der Waals surface area contributed by atoms with Gasteiger partial charge < -0.3 is 14.6 Å². The third-order valence-corrected chi connectivity index (χ3v) is 5.02. The van der Waals surface area contributed by atoms with E-state index in [2.05, 4.69) is 4.99 Å². The van der Waals surface area contributed by atoms with Gasteiger partial charge in [0, 0.05) is 12.3 Å². The molecule has 0 unspecified atom stereocenters. The molecule has 0 bridgehead atoms. The molecule has 8 heteroatoms. The standard InChI is InChI=1S/C25H21N3O5/c1-32-19-13-14-21(22(15-19)33-2)26-16-20-23(29)27(17-9-5-3-6-10-17)25(31)28(24(20)30)18-11-7-4-8-12-18/h3-16,29H,1-2H3. The maximum atomic E-state index is 13.3. The number of methoxy groups -OCH3 is 2. The predicted octanol–water partition coefficient (Wildman–Crippen LogP) is 3.46. The van der Waals surface area contributed by atoms with E-state index < -0.39 is 17.1 Å². The molecule has 1 heterocycles. The quantitative estimate of drug-likeness (QED) is 0.461. The maximum absolute atomic E-state index is 13.3. The lowest BCUT2D eigenvalue weighted by Gasteiger charge is -2.14. The number of hydrogen-bond donors (Lipinski definition) is 1. The molecule has 4 rings (SSSR count). The summed E-state index contributed by atoms with van der Waals surface area (Å²) in [4.78, 5) is 31.0. The Hall–Kier alpha value is -4.59. The highest BCUT2D eigenvalue weighted by Gasteiger charge is 2.20. The van der Waals surface area contributed by atoms with Crippen molar-refractivity contribution in [3.05, 3.63) is 105 Å². The lowest BCUT2D eigenvalue weighted by molar-refractivity contribution is 0.395. The van der Waals surface area contributed by atoms with Gasteiger partial charge in [-0.15, -0.1) is 0 Å². The summed E-state index contributed by atoms with van der Waals surface area (Å²) in [7, 11) is 3.03. The second kappa shape index (κ2) is 9.27. The molecule has 0 spiro atoms. The summed E-state index contributed by atoms with van der Waals surface area (Å²) in [6.07, 6.45) is 1.22. The highest BCUT2D eigenvalue weighted by Crippen LogP contribution is 2.31. The van der Waals surface area contributed by atoms with E-state index in [1.807, 2.05) is 0 Å². The minimum Gasteiger partial charge on any atom is -0.497 e. The Morgan fingerprint density at radius 3 is 2.00 bits per heavy atom. The fourth-order valence-electron chi connectivity index (χ4n) is 3.37. The largest absolute Gasteiger partial charge is 0.497 e. The molecule has 0 aliphatic carbocycles. The molecule has 0 saturated carbocycles. The first kappa shape index (κ1) is 21.6. The first-order valence-electron chi connectivity index (χ1n) is 10.0. The van der Waals surface area contributed by atoms with Gasteiger partial charge in [0.05, 0.1) is 25.6 Å². The Morgan fingerprint density at radius 1 is 0.818 bits per heavy atom. The third kappa shape index (κ3) is 4.14. The van der Waals surface area contributed by atoms with Crippen LogP contribution in [0.2, 0.25) is 0 Å². The van der Waals surface area contributed by atoms with E-state index in [0.717, 1.165) is 9.13 Å². The summed E-state index contributed by atoms with van der Waals surface area (Å²) < 4.78 is 12.6. The van der Waals surface area contributed by atoms with Gasteiger partial charge in [0.2, 0.25) is 5.88 Å². The molecule has 0 amide bonds. The van der Waals surface area contributed by atoms with E-state index in [1.54, 1.807) is 78.9 Å². The van der Waals surface area contributed by atoms with E-state index >= 15 is 0 Å². The molecular weight excluding hydrogens is 422 g/mol. The Kier molecular flexibility index (Phi) is 6.08. The molecule has 3 aromatic carbocycles. The van der Waals surface area contributed by atoms with Gasteiger partial charge in [-0.1, -0.05) is 36.4 Å². The summed E-state index contributed by atoms with van der Waals surface area (Å²) >= 11 is 0. The van der Waals surface area contributed by atoms with Gasteiger partial charge in [-0.05, 0) is 36.4 Å². The van der Waals surface area contributed by atoms with Gasteiger partial charge in [0.25, 0.3) is 5.56 Å². The second-order valence-corrected chi connectivity index (χ2v) is 6.96. The molecule has 0 saturated heterocycles. The van der Waals surface area contributed by atoms with Gasteiger partial charge >= 0.3 is 5.69 Å². The van der Waals surface area contributed by atoms with Crippen LogP contribution in [0.25, 0.3) is 11.4 Å². The lowest BCUT2D eigenvalue weighted by Crippen LogP contribution is -2.40. The minimum atomic E-state index is -0.702. The van der Waals surface area contributed by atoms with Crippen LogP contribution in [0.5, 0.6) is 17.4 Å². The Labute approximate surface area is 189 Å². The van der Waals surface area contributed by atoms with Gasteiger partial charge in [-0.3, -0.25) is 9.79 Å². The molecule has 8 nitrogen and oxygen atoms in total. The third-order valence-electron chi connectivity index (χ3n) is 5.02. The fourth-order valence-corrected chi connectivity index (χ4v) is 3.37. The van der Waals surface area contributed by atoms with Crippen LogP contribution < -0.4 is 20.7 Å². The Morgan fingerprint density at radius 2 is 1.42 bits per heavy atom. The van der Waals surface area contributed by atoms with Crippen molar-refractivity contribution in [2.45, 2.75) is 0 Å². The molecule has 33 heavy (non-hydrogen) atoms. The van der Waals surface area contributed by atoms with Crippen molar-refractivity contribution in [3.8, 4) is 28.8 Å². The van der Waals surface area contributed by atoms with Crippen LogP contribution in [-0.2, 0) is 0 Å². The first-order chi connectivity index (χ1) is 16.0. The van der Waals surface area contributed by atoms with Crippen molar-refractivity contribution in [1.29, 1.82) is 0 Å². The van der Waals surface area contributed by atoms with Crippen molar-refractivity contribution in [2.24, 2.45) is 4.99 Å². The van der Waals surface area contributed by atoms with Crippen LogP contribution in [0.15, 0.2) is 93.4 Å². The maximum Gasteiger partial charge on any atom is 0.343 e. The first-order valence-corrected chi connectivity index (χ1v) is 10.0. The Bertz CT molecular complexity index is 1420. The molecule has 4 aromatic rings. The molecule has 1 aromatic heterocycles. The smallest absolute Gasteiger partial charge is 0.343 e. The van der Waals surface area contributed by atoms with Crippen molar-refractivity contribution >= 4 is 11.9 Å². The summed E-state index contributed by atoms with van der Waals surface area (Å²) in [5.41, 5.74) is -0.364. The monoisotopic (exact) mass is 443 g/mol. The normalized spacial score (nSPS) is 11.0.